The molecule has 1 fully saturated rings. The third-order valence-electron chi connectivity index (χ3n) is 3.76. The second kappa shape index (κ2) is 6.06. The van der Waals surface area contributed by atoms with Crippen LogP contribution in [0.15, 0.2) is 24.3 Å². The highest BCUT2D eigenvalue weighted by Crippen LogP contribution is 2.29. The van der Waals surface area contributed by atoms with E-state index in [1.54, 1.807) is 7.11 Å². The van der Waals surface area contributed by atoms with Crippen LogP contribution in [0.3, 0.4) is 0 Å². The number of carbonyl (C=O) groups excluding carboxylic acids is 1. The van der Waals surface area contributed by atoms with Crippen LogP contribution in [-0.2, 0) is 11.3 Å². The van der Waals surface area contributed by atoms with Gasteiger partial charge >= 0.3 is 0 Å². The standard InChI is InChI=1S/C15H22N2O2/c1-19-13-6-4-12(5-7-13)11-17-14(18)10-15(16)8-2-3-9-15/h4-7H,2-3,8-11,16H2,1H3,(H,17,18). The summed E-state index contributed by atoms with van der Waals surface area (Å²) in [6.45, 7) is 0.541. The van der Waals surface area contributed by atoms with Crippen molar-refractivity contribution in [2.75, 3.05) is 7.11 Å². The van der Waals surface area contributed by atoms with E-state index in [1.165, 1.54) is 0 Å². The molecule has 0 unspecified atom stereocenters. The lowest BCUT2D eigenvalue weighted by Crippen LogP contribution is -2.41. The fourth-order valence-corrected chi connectivity index (χ4v) is 2.58. The third kappa shape index (κ3) is 3.96. The number of amides is 1. The van der Waals surface area contributed by atoms with Crippen molar-refractivity contribution in [3.63, 3.8) is 0 Å². The van der Waals surface area contributed by atoms with Crippen molar-refractivity contribution in [1.29, 1.82) is 0 Å². The molecule has 1 saturated carbocycles. The Balaban J connectivity index is 1.79. The Morgan fingerprint density at radius 2 is 1.95 bits per heavy atom. The Hall–Kier alpha value is -1.55. The summed E-state index contributed by atoms with van der Waals surface area (Å²) < 4.78 is 5.09. The van der Waals surface area contributed by atoms with Gasteiger partial charge < -0.3 is 15.8 Å². The average molecular weight is 262 g/mol. The van der Waals surface area contributed by atoms with Gasteiger partial charge in [0.25, 0.3) is 0 Å². The fraction of sp³-hybridized carbons (Fsp3) is 0.533. The van der Waals surface area contributed by atoms with Gasteiger partial charge in [-0.25, -0.2) is 0 Å². The molecule has 1 aromatic rings. The van der Waals surface area contributed by atoms with E-state index in [2.05, 4.69) is 5.32 Å². The second-order valence-corrected chi connectivity index (χ2v) is 5.37. The Labute approximate surface area is 114 Å². The first-order valence-electron chi connectivity index (χ1n) is 6.80. The smallest absolute Gasteiger partial charge is 0.222 e. The van der Waals surface area contributed by atoms with E-state index in [9.17, 15) is 4.79 Å². The SMILES string of the molecule is COc1ccc(CNC(=O)CC2(N)CCCC2)cc1. The van der Waals surface area contributed by atoms with Crippen LogP contribution < -0.4 is 15.8 Å². The minimum atomic E-state index is -0.274. The second-order valence-electron chi connectivity index (χ2n) is 5.37. The minimum absolute atomic E-state index is 0.0419. The molecule has 1 aliphatic carbocycles. The molecule has 0 atom stereocenters. The molecule has 1 aliphatic rings. The Morgan fingerprint density at radius 3 is 2.53 bits per heavy atom. The summed E-state index contributed by atoms with van der Waals surface area (Å²) in [4.78, 5) is 11.9. The van der Waals surface area contributed by atoms with Gasteiger partial charge in [0, 0.05) is 18.5 Å². The molecule has 0 heterocycles. The zero-order chi connectivity index (χ0) is 13.7. The van der Waals surface area contributed by atoms with Crippen LogP contribution in [0.4, 0.5) is 0 Å². The number of nitrogens with one attached hydrogen (secondary N) is 1. The van der Waals surface area contributed by atoms with Crippen molar-refractivity contribution in [1.82, 2.24) is 5.32 Å². The molecule has 0 saturated heterocycles. The molecule has 104 valence electrons. The van der Waals surface area contributed by atoms with E-state index < -0.39 is 0 Å². The molecule has 1 aromatic carbocycles. The first kappa shape index (κ1) is 13.9. The fourth-order valence-electron chi connectivity index (χ4n) is 2.58. The average Bonchev–Trinajstić information content (AvgIpc) is 2.83. The van der Waals surface area contributed by atoms with Crippen molar-refractivity contribution in [3.05, 3.63) is 29.8 Å². The van der Waals surface area contributed by atoms with Gasteiger partial charge in [-0.2, -0.15) is 0 Å². The summed E-state index contributed by atoms with van der Waals surface area (Å²) in [6.07, 6.45) is 4.64. The van der Waals surface area contributed by atoms with Crippen molar-refractivity contribution in [2.24, 2.45) is 5.73 Å². The highest BCUT2D eigenvalue weighted by molar-refractivity contribution is 5.77. The Morgan fingerprint density at radius 1 is 1.32 bits per heavy atom. The van der Waals surface area contributed by atoms with Crippen LogP contribution >= 0.6 is 0 Å². The van der Waals surface area contributed by atoms with Crippen molar-refractivity contribution >= 4 is 5.91 Å². The van der Waals surface area contributed by atoms with Gasteiger partial charge in [0.1, 0.15) is 5.75 Å². The van der Waals surface area contributed by atoms with Crippen LogP contribution in [0.1, 0.15) is 37.7 Å². The predicted molar refractivity (Wildman–Crippen MR) is 74.8 cm³/mol. The summed E-state index contributed by atoms with van der Waals surface area (Å²) >= 11 is 0. The molecule has 0 radical (unpaired) electrons. The minimum Gasteiger partial charge on any atom is -0.497 e. The number of methoxy groups -OCH3 is 1. The van der Waals surface area contributed by atoms with E-state index in [0.29, 0.717) is 13.0 Å². The normalized spacial score (nSPS) is 17.2. The van der Waals surface area contributed by atoms with Crippen LogP contribution in [0, 0.1) is 0 Å². The van der Waals surface area contributed by atoms with Gasteiger partial charge in [-0.05, 0) is 30.5 Å². The molecule has 0 aliphatic heterocycles. The van der Waals surface area contributed by atoms with Gasteiger partial charge in [0.05, 0.1) is 7.11 Å². The van der Waals surface area contributed by atoms with E-state index in [1.807, 2.05) is 24.3 Å². The number of ether oxygens (including phenoxy) is 1. The molecule has 19 heavy (non-hydrogen) atoms. The maximum absolute atomic E-state index is 11.9. The summed E-state index contributed by atoms with van der Waals surface area (Å²) in [5.74, 6) is 0.863. The zero-order valence-electron chi connectivity index (χ0n) is 11.4. The van der Waals surface area contributed by atoms with Gasteiger partial charge in [0.15, 0.2) is 0 Å². The molecular formula is C15H22N2O2. The zero-order valence-corrected chi connectivity index (χ0v) is 11.4. The molecule has 0 aromatic heterocycles. The van der Waals surface area contributed by atoms with Crippen molar-refractivity contribution in [2.45, 2.75) is 44.2 Å². The molecule has 2 rings (SSSR count). The lowest BCUT2D eigenvalue weighted by molar-refractivity contribution is -0.122. The van der Waals surface area contributed by atoms with Crippen LogP contribution in [-0.4, -0.2) is 18.6 Å². The topological polar surface area (TPSA) is 64.3 Å². The summed E-state index contributed by atoms with van der Waals surface area (Å²) in [5.41, 5.74) is 6.98. The van der Waals surface area contributed by atoms with E-state index in [4.69, 9.17) is 10.5 Å². The molecule has 3 N–H and O–H groups in total. The monoisotopic (exact) mass is 262 g/mol. The van der Waals surface area contributed by atoms with Crippen molar-refractivity contribution < 1.29 is 9.53 Å². The van der Waals surface area contributed by atoms with Gasteiger partial charge in [0.2, 0.25) is 5.91 Å². The highest BCUT2D eigenvalue weighted by Gasteiger charge is 2.31. The lowest BCUT2D eigenvalue weighted by atomic mass is 9.94. The Bertz CT molecular complexity index is 422. The number of rotatable bonds is 5. The highest BCUT2D eigenvalue weighted by atomic mass is 16.5. The quantitative estimate of drug-likeness (QED) is 0.852. The summed E-state index contributed by atoms with van der Waals surface area (Å²) in [7, 11) is 1.64. The van der Waals surface area contributed by atoms with Crippen LogP contribution in [0.5, 0.6) is 5.75 Å². The Kier molecular flexibility index (Phi) is 4.43. The number of hydrogen-bond acceptors (Lipinski definition) is 3. The maximum Gasteiger partial charge on any atom is 0.222 e. The van der Waals surface area contributed by atoms with E-state index >= 15 is 0 Å². The summed E-state index contributed by atoms with van der Waals surface area (Å²) in [6, 6.07) is 7.69. The predicted octanol–water partition coefficient (Wildman–Crippen LogP) is 1.97. The number of nitrogens with two attached hydrogens (primary N) is 1. The lowest BCUT2D eigenvalue weighted by Gasteiger charge is -2.22. The van der Waals surface area contributed by atoms with Gasteiger partial charge in [-0.15, -0.1) is 0 Å². The first-order valence-corrected chi connectivity index (χ1v) is 6.80. The van der Waals surface area contributed by atoms with Gasteiger partial charge in [-0.1, -0.05) is 25.0 Å². The van der Waals surface area contributed by atoms with E-state index in [0.717, 1.165) is 37.0 Å². The molecule has 0 spiro atoms. The molecule has 0 bridgehead atoms. The van der Waals surface area contributed by atoms with Gasteiger partial charge in [-0.3, -0.25) is 4.79 Å². The number of hydrogen-bond donors (Lipinski definition) is 2. The first-order chi connectivity index (χ1) is 9.11. The molecule has 1 amide bonds. The maximum atomic E-state index is 11.9. The molecule has 4 heteroatoms. The third-order valence-corrected chi connectivity index (χ3v) is 3.76. The van der Waals surface area contributed by atoms with Crippen LogP contribution in [0.2, 0.25) is 0 Å². The largest absolute Gasteiger partial charge is 0.497 e. The number of benzene rings is 1. The number of carbonyl (C=O) groups is 1. The van der Waals surface area contributed by atoms with E-state index in [-0.39, 0.29) is 11.4 Å². The van der Waals surface area contributed by atoms with Crippen LogP contribution in [0.25, 0.3) is 0 Å². The molecule has 4 nitrogen and oxygen atoms in total. The molecular weight excluding hydrogens is 240 g/mol. The summed E-state index contributed by atoms with van der Waals surface area (Å²) in [5, 5.41) is 2.93. The van der Waals surface area contributed by atoms with Crippen molar-refractivity contribution in [3.8, 4) is 5.75 Å².